The number of piperidine rings is 1. The van der Waals surface area contributed by atoms with Crippen LogP contribution in [0.25, 0.3) is 0 Å². The molecule has 0 spiro atoms. The number of carbonyl (C=O) groups is 1. The summed E-state index contributed by atoms with van der Waals surface area (Å²) in [5.41, 5.74) is -0.0886. The molecule has 3 rings (SSSR count). The van der Waals surface area contributed by atoms with Gasteiger partial charge >= 0.3 is 0 Å². The van der Waals surface area contributed by atoms with E-state index >= 15 is 0 Å². The van der Waals surface area contributed by atoms with E-state index in [1.54, 1.807) is 23.2 Å². The fraction of sp³-hybridized carbons (Fsp3) is 0.312. The third kappa shape index (κ3) is 3.59. The van der Waals surface area contributed by atoms with Gasteiger partial charge in [0, 0.05) is 18.8 Å². The highest BCUT2D eigenvalue weighted by molar-refractivity contribution is 6.33. The summed E-state index contributed by atoms with van der Waals surface area (Å²) in [4.78, 5) is 14.1. The number of carbonyl (C=O) groups excluding carboxylic acids is 1. The third-order valence-electron chi connectivity index (χ3n) is 3.68. The molecule has 1 saturated heterocycles. The van der Waals surface area contributed by atoms with Gasteiger partial charge in [0.2, 0.25) is 5.88 Å². The molecule has 1 fully saturated rings. The first kappa shape index (κ1) is 15.7. The van der Waals surface area contributed by atoms with Crippen LogP contribution in [0.3, 0.4) is 0 Å². The molecule has 0 N–H and O–H groups in total. The maximum atomic E-state index is 13.9. The quantitative estimate of drug-likeness (QED) is 0.865. The van der Waals surface area contributed by atoms with Crippen LogP contribution >= 0.6 is 11.6 Å². The normalized spacial score (nSPS) is 17.8. The lowest BCUT2D eigenvalue weighted by molar-refractivity contribution is 0.0521. The molecule has 1 aliphatic rings. The van der Waals surface area contributed by atoms with Gasteiger partial charge in [0.15, 0.2) is 0 Å². The van der Waals surface area contributed by atoms with Crippen LogP contribution in [0.1, 0.15) is 23.2 Å². The van der Waals surface area contributed by atoms with E-state index in [0.29, 0.717) is 19.0 Å². The van der Waals surface area contributed by atoms with E-state index in [0.717, 1.165) is 12.8 Å². The van der Waals surface area contributed by atoms with Gasteiger partial charge in [0.05, 0.1) is 17.1 Å². The van der Waals surface area contributed by atoms with Gasteiger partial charge in [0.1, 0.15) is 11.9 Å². The molecule has 0 bridgehead atoms. The SMILES string of the molecule is O=C(c1c(F)cccc1Cl)N1CCCC(Oc2cccnn2)C1. The maximum absolute atomic E-state index is 13.9. The molecular weight excluding hydrogens is 321 g/mol. The van der Waals surface area contributed by atoms with Crippen LogP contribution < -0.4 is 4.74 Å². The van der Waals surface area contributed by atoms with Crippen molar-refractivity contribution >= 4 is 17.5 Å². The second-order valence-electron chi connectivity index (χ2n) is 5.29. The van der Waals surface area contributed by atoms with E-state index in [4.69, 9.17) is 16.3 Å². The van der Waals surface area contributed by atoms with E-state index < -0.39 is 11.7 Å². The summed E-state index contributed by atoms with van der Waals surface area (Å²) < 4.78 is 19.7. The molecule has 1 aromatic carbocycles. The molecule has 5 nitrogen and oxygen atoms in total. The standard InChI is InChI=1S/C16H15ClFN3O2/c17-12-5-1-6-13(18)15(12)16(22)21-9-3-4-11(10-21)23-14-7-2-8-19-20-14/h1-2,5-8,11H,3-4,9-10H2. The first-order valence-electron chi connectivity index (χ1n) is 7.33. The van der Waals surface area contributed by atoms with Gasteiger partial charge in [0.25, 0.3) is 5.91 Å². The highest BCUT2D eigenvalue weighted by atomic mass is 35.5. The lowest BCUT2D eigenvalue weighted by Gasteiger charge is -2.32. The van der Waals surface area contributed by atoms with E-state index in [1.165, 1.54) is 18.2 Å². The van der Waals surface area contributed by atoms with Gasteiger partial charge in [-0.1, -0.05) is 17.7 Å². The smallest absolute Gasteiger partial charge is 0.258 e. The van der Waals surface area contributed by atoms with Gasteiger partial charge in [-0.15, -0.1) is 5.10 Å². The number of rotatable bonds is 3. The fourth-order valence-corrected chi connectivity index (χ4v) is 2.84. The molecule has 23 heavy (non-hydrogen) atoms. The Morgan fingerprint density at radius 1 is 1.35 bits per heavy atom. The topological polar surface area (TPSA) is 55.3 Å². The number of likely N-dealkylation sites (tertiary alicyclic amines) is 1. The van der Waals surface area contributed by atoms with Crippen LogP contribution in [0, 0.1) is 5.82 Å². The van der Waals surface area contributed by atoms with Crippen molar-refractivity contribution in [2.45, 2.75) is 18.9 Å². The highest BCUT2D eigenvalue weighted by Crippen LogP contribution is 2.23. The summed E-state index contributed by atoms with van der Waals surface area (Å²) in [5, 5.41) is 7.74. The molecule has 0 saturated carbocycles. The molecule has 2 heterocycles. The predicted molar refractivity (Wildman–Crippen MR) is 83.0 cm³/mol. The number of hydrogen-bond donors (Lipinski definition) is 0. The van der Waals surface area contributed by atoms with Crippen molar-refractivity contribution < 1.29 is 13.9 Å². The minimum atomic E-state index is -0.612. The Morgan fingerprint density at radius 3 is 2.96 bits per heavy atom. The zero-order valence-corrected chi connectivity index (χ0v) is 13.0. The van der Waals surface area contributed by atoms with Crippen molar-refractivity contribution in [2.24, 2.45) is 0 Å². The Balaban J connectivity index is 1.72. The summed E-state index contributed by atoms with van der Waals surface area (Å²) in [6.07, 6.45) is 2.92. The van der Waals surface area contributed by atoms with E-state index in [2.05, 4.69) is 10.2 Å². The fourth-order valence-electron chi connectivity index (χ4n) is 2.60. The highest BCUT2D eigenvalue weighted by Gasteiger charge is 2.28. The van der Waals surface area contributed by atoms with Crippen LogP contribution in [-0.4, -0.2) is 40.2 Å². The molecule has 0 aliphatic carbocycles. The molecule has 7 heteroatoms. The molecular formula is C16H15ClFN3O2. The minimum absolute atomic E-state index is 0.0886. The second-order valence-corrected chi connectivity index (χ2v) is 5.70. The summed E-state index contributed by atoms with van der Waals surface area (Å²) in [6.45, 7) is 0.907. The Kier molecular flexibility index (Phi) is 4.71. The molecule has 1 atom stereocenters. The number of halogens is 2. The van der Waals surface area contributed by atoms with E-state index in [1.807, 2.05) is 0 Å². The van der Waals surface area contributed by atoms with Crippen LogP contribution in [-0.2, 0) is 0 Å². The van der Waals surface area contributed by atoms with Crippen molar-refractivity contribution in [3.8, 4) is 5.88 Å². The monoisotopic (exact) mass is 335 g/mol. The Morgan fingerprint density at radius 2 is 2.22 bits per heavy atom. The first-order valence-corrected chi connectivity index (χ1v) is 7.70. The summed E-state index contributed by atoms with van der Waals surface area (Å²) in [5.74, 6) is -0.615. The predicted octanol–water partition coefficient (Wildman–Crippen LogP) is 2.95. The Bertz CT molecular complexity index is 679. The van der Waals surface area contributed by atoms with Crippen LogP contribution in [0.4, 0.5) is 4.39 Å². The van der Waals surface area contributed by atoms with Crippen molar-refractivity contribution in [3.63, 3.8) is 0 Å². The van der Waals surface area contributed by atoms with Crippen molar-refractivity contribution in [2.75, 3.05) is 13.1 Å². The van der Waals surface area contributed by atoms with Gasteiger partial charge in [-0.2, -0.15) is 5.10 Å². The number of aromatic nitrogens is 2. The number of amides is 1. The van der Waals surface area contributed by atoms with Gasteiger partial charge < -0.3 is 9.64 Å². The molecule has 1 amide bonds. The van der Waals surface area contributed by atoms with Gasteiger partial charge in [-0.25, -0.2) is 4.39 Å². The molecule has 0 radical (unpaired) electrons. The lowest BCUT2D eigenvalue weighted by Crippen LogP contribution is -2.44. The Hall–Kier alpha value is -2.21. The van der Waals surface area contributed by atoms with Crippen LogP contribution in [0.5, 0.6) is 5.88 Å². The van der Waals surface area contributed by atoms with Crippen molar-refractivity contribution in [3.05, 3.63) is 52.9 Å². The number of hydrogen-bond acceptors (Lipinski definition) is 4. The second kappa shape index (κ2) is 6.91. The van der Waals surface area contributed by atoms with Crippen molar-refractivity contribution in [1.82, 2.24) is 15.1 Å². The number of benzene rings is 1. The third-order valence-corrected chi connectivity index (χ3v) is 3.99. The van der Waals surface area contributed by atoms with Gasteiger partial charge in [-0.05, 0) is 31.0 Å². The zero-order chi connectivity index (χ0) is 16.2. The van der Waals surface area contributed by atoms with Crippen LogP contribution in [0.15, 0.2) is 36.5 Å². The first-order chi connectivity index (χ1) is 11.1. The van der Waals surface area contributed by atoms with Crippen LogP contribution in [0.2, 0.25) is 5.02 Å². The van der Waals surface area contributed by atoms with Gasteiger partial charge in [-0.3, -0.25) is 4.79 Å². The molecule has 1 unspecified atom stereocenters. The molecule has 120 valence electrons. The largest absolute Gasteiger partial charge is 0.471 e. The van der Waals surface area contributed by atoms with E-state index in [-0.39, 0.29) is 16.7 Å². The Labute approximate surface area is 138 Å². The molecule has 1 aromatic heterocycles. The molecule has 2 aromatic rings. The number of ether oxygens (including phenoxy) is 1. The minimum Gasteiger partial charge on any atom is -0.471 e. The summed E-state index contributed by atoms with van der Waals surface area (Å²) in [6, 6.07) is 7.66. The van der Waals surface area contributed by atoms with E-state index in [9.17, 15) is 9.18 Å². The average Bonchev–Trinajstić information content (AvgIpc) is 2.56. The number of nitrogens with zero attached hydrogens (tertiary/aromatic N) is 3. The summed E-state index contributed by atoms with van der Waals surface area (Å²) >= 11 is 5.97. The average molecular weight is 336 g/mol. The summed E-state index contributed by atoms with van der Waals surface area (Å²) in [7, 11) is 0. The van der Waals surface area contributed by atoms with Crippen molar-refractivity contribution in [1.29, 1.82) is 0 Å². The zero-order valence-electron chi connectivity index (χ0n) is 12.3. The molecule has 1 aliphatic heterocycles. The lowest BCUT2D eigenvalue weighted by atomic mass is 10.1. The maximum Gasteiger partial charge on any atom is 0.258 e.